The van der Waals surface area contributed by atoms with Gasteiger partial charge in [0.25, 0.3) is 0 Å². The van der Waals surface area contributed by atoms with E-state index in [0.717, 1.165) is 11.8 Å². The van der Waals surface area contributed by atoms with Crippen molar-refractivity contribution < 1.29 is 0 Å². The molecule has 4 bridgehead atoms. The van der Waals surface area contributed by atoms with Crippen LogP contribution in [0.25, 0.3) is 44.5 Å². The highest BCUT2D eigenvalue weighted by atomic mass is 15.1. The highest BCUT2D eigenvalue weighted by Crippen LogP contribution is 2.70. The molecule has 0 amide bonds. The molecule has 1 nitrogen and oxygen atoms in total. The van der Waals surface area contributed by atoms with Crippen LogP contribution >= 0.6 is 0 Å². The van der Waals surface area contributed by atoms with Crippen molar-refractivity contribution in [1.29, 1.82) is 0 Å². The predicted molar refractivity (Wildman–Crippen MR) is 322 cm³/mol. The maximum absolute atomic E-state index is 2.71. The molecule has 0 aromatic heterocycles. The van der Waals surface area contributed by atoms with E-state index in [1.165, 1.54) is 138 Å². The maximum atomic E-state index is 2.71. The molecule has 4 saturated carbocycles. The maximum Gasteiger partial charge on any atom is 0.0714 e. The van der Waals surface area contributed by atoms with Crippen LogP contribution in [0.4, 0.5) is 17.1 Å². The van der Waals surface area contributed by atoms with Gasteiger partial charge in [0.1, 0.15) is 0 Å². The lowest BCUT2D eigenvalue weighted by atomic mass is 9.43. The Balaban J connectivity index is 1.02. The van der Waals surface area contributed by atoms with Crippen LogP contribution in [0.5, 0.6) is 0 Å². The third-order valence-electron chi connectivity index (χ3n) is 20.4. The monoisotopic (exact) mass is 998 g/mol. The average molecular weight is 998 g/mol. The van der Waals surface area contributed by atoms with Crippen LogP contribution in [0.2, 0.25) is 0 Å². The molecule has 9 aromatic rings. The van der Waals surface area contributed by atoms with Crippen LogP contribution in [-0.2, 0) is 27.1 Å². The summed E-state index contributed by atoms with van der Waals surface area (Å²) in [5.41, 5.74) is 27.5. The Morgan fingerprint density at radius 1 is 0.364 bits per heavy atom. The fourth-order valence-electron chi connectivity index (χ4n) is 17.3. The van der Waals surface area contributed by atoms with Crippen molar-refractivity contribution in [2.75, 3.05) is 4.90 Å². The molecule has 7 aliphatic rings. The molecule has 16 rings (SSSR count). The molecule has 1 heteroatoms. The first kappa shape index (κ1) is 47.0. The predicted octanol–water partition coefficient (Wildman–Crippen LogP) is 19.8. The summed E-state index contributed by atoms with van der Waals surface area (Å²) in [6, 6.07) is 78.9. The fraction of sp³-hybridized carbons (Fsp3) is 0.289. The van der Waals surface area contributed by atoms with E-state index >= 15 is 0 Å². The summed E-state index contributed by atoms with van der Waals surface area (Å²) in [7, 11) is 0. The Bertz CT molecular complexity index is 3820. The fourth-order valence-corrected chi connectivity index (χ4v) is 17.3. The lowest BCUT2D eigenvalue weighted by Crippen LogP contribution is -2.55. The Morgan fingerprint density at radius 2 is 0.792 bits per heavy atom. The van der Waals surface area contributed by atoms with Gasteiger partial charge >= 0.3 is 0 Å². The van der Waals surface area contributed by atoms with Crippen molar-refractivity contribution in [3.05, 3.63) is 256 Å². The highest BCUT2D eigenvalue weighted by molar-refractivity contribution is 5.97. The van der Waals surface area contributed by atoms with Crippen LogP contribution in [0, 0.1) is 23.7 Å². The van der Waals surface area contributed by atoms with Gasteiger partial charge in [0.05, 0.1) is 11.1 Å². The Hall–Kier alpha value is -7.22. The lowest BCUT2D eigenvalue weighted by molar-refractivity contribution is -0.0399. The molecule has 9 aromatic carbocycles. The van der Waals surface area contributed by atoms with Gasteiger partial charge in [0.2, 0.25) is 0 Å². The van der Waals surface area contributed by atoms with E-state index in [0.29, 0.717) is 11.8 Å². The minimum atomic E-state index is -0.601. The second kappa shape index (κ2) is 16.4. The second-order valence-electron chi connectivity index (χ2n) is 26.9. The molecule has 0 saturated heterocycles. The standard InChI is InChI=1S/C76H71N/c1-72(2,3)49-20-17-22-51(43-49)75(52-23-18-21-50(44-52)73(4,5)6)66-31-14-10-24-57(66)60-36-34-55(45-68(60)75)77(70-33-16-12-27-62(70)64-29-19-28-63-59-26-9-13-30-65(59)74(7,8)71(63)64)56-35-37-61-58-25-11-15-32-67(58)76(69(61)46-56)53-39-47-38-48(41-53)42-54(76)40-47/h9-37,43-48,53-54H,38-42H2,1-8H3. The summed E-state index contributed by atoms with van der Waals surface area (Å²) < 4.78 is 0. The number of fused-ring (bicyclic) bond motifs is 9. The van der Waals surface area contributed by atoms with Crippen LogP contribution < -0.4 is 4.90 Å². The Labute approximate surface area is 458 Å². The number of para-hydroxylation sites is 1. The van der Waals surface area contributed by atoms with Gasteiger partial charge in [-0.05, 0) is 192 Å². The summed E-state index contributed by atoms with van der Waals surface area (Å²) in [4.78, 5) is 2.68. The molecule has 0 radical (unpaired) electrons. The molecule has 380 valence electrons. The number of rotatable bonds is 6. The van der Waals surface area contributed by atoms with Crippen LogP contribution in [-0.4, -0.2) is 0 Å². The van der Waals surface area contributed by atoms with E-state index in [1.54, 1.807) is 11.1 Å². The van der Waals surface area contributed by atoms with Crippen LogP contribution in [0.3, 0.4) is 0 Å². The van der Waals surface area contributed by atoms with Gasteiger partial charge in [-0.1, -0.05) is 225 Å². The topological polar surface area (TPSA) is 3.24 Å². The van der Waals surface area contributed by atoms with Crippen LogP contribution in [0.1, 0.15) is 143 Å². The zero-order chi connectivity index (χ0) is 52.4. The Kier molecular flexibility index (Phi) is 10.0. The van der Waals surface area contributed by atoms with Gasteiger partial charge in [-0.15, -0.1) is 0 Å². The zero-order valence-electron chi connectivity index (χ0n) is 46.3. The summed E-state index contributed by atoms with van der Waals surface area (Å²) >= 11 is 0. The summed E-state index contributed by atoms with van der Waals surface area (Å²) in [6.07, 6.45) is 6.87. The lowest BCUT2D eigenvalue weighted by Gasteiger charge is -2.61. The summed E-state index contributed by atoms with van der Waals surface area (Å²) in [6.45, 7) is 19.0. The van der Waals surface area contributed by atoms with Crippen molar-refractivity contribution in [1.82, 2.24) is 0 Å². The molecule has 77 heavy (non-hydrogen) atoms. The summed E-state index contributed by atoms with van der Waals surface area (Å²) in [5.74, 6) is 3.08. The minimum absolute atomic E-state index is 0.0292. The molecule has 0 aliphatic heterocycles. The van der Waals surface area contributed by atoms with Gasteiger partial charge in [0, 0.05) is 27.8 Å². The summed E-state index contributed by atoms with van der Waals surface area (Å²) in [5, 5.41) is 0. The first-order valence-corrected chi connectivity index (χ1v) is 29.0. The van der Waals surface area contributed by atoms with Gasteiger partial charge in [-0.25, -0.2) is 0 Å². The largest absolute Gasteiger partial charge is 0.310 e. The third-order valence-corrected chi connectivity index (χ3v) is 20.4. The van der Waals surface area contributed by atoms with Crippen molar-refractivity contribution in [2.24, 2.45) is 23.7 Å². The second-order valence-corrected chi connectivity index (χ2v) is 26.9. The average Bonchev–Trinajstić information content (AvgIpc) is 3.99. The smallest absolute Gasteiger partial charge is 0.0714 e. The molecule has 0 unspecified atom stereocenters. The van der Waals surface area contributed by atoms with Gasteiger partial charge in [-0.3, -0.25) is 0 Å². The van der Waals surface area contributed by atoms with E-state index in [4.69, 9.17) is 0 Å². The van der Waals surface area contributed by atoms with E-state index in [1.807, 2.05) is 0 Å². The number of hydrogen-bond donors (Lipinski definition) is 0. The molecular formula is C76H71N. The molecule has 1 spiro atoms. The normalized spacial score (nSPS) is 22.3. The van der Waals surface area contributed by atoms with Crippen molar-refractivity contribution in [3.8, 4) is 44.5 Å². The van der Waals surface area contributed by atoms with Gasteiger partial charge < -0.3 is 4.90 Å². The van der Waals surface area contributed by atoms with E-state index in [2.05, 4.69) is 260 Å². The highest BCUT2D eigenvalue weighted by Gasteiger charge is 2.61. The quantitative estimate of drug-likeness (QED) is 0.160. The van der Waals surface area contributed by atoms with Crippen molar-refractivity contribution in [3.63, 3.8) is 0 Å². The molecule has 4 fully saturated rings. The van der Waals surface area contributed by atoms with E-state index in [9.17, 15) is 0 Å². The van der Waals surface area contributed by atoms with Gasteiger partial charge in [0.15, 0.2) is 0 Å². The number of hydrogen-bond acceptors (Lipinski definition) is 1. The molecular weight excluding hydrogens is 927 g/mol. The molecule has 0 N–H and O–H groups in total. The molecule has 7 aliphatic carbocycles. The first-order valence-electron chi connectivity index (χ1n) is 29.0. The number of anilines is 3. The SMILES string of the molecule is CC(C)(C)c1cccc(C2(c3cccc(C(C)(C)C)c3)c3ccccc3-c3ccc(N(c4ccc5c(c4)C4(c6ccccc6-5)C5CC6CC(C5)CC4C6)c4ccccc4-c4cccc5c4C(C)(C)c4ccccc4-5)cc32)c1. The zero-order valence-corrected chi connectivity index (χ0v) is 46.3. The Morgan fingerprint density at radius 3 is 1.38 bits per heavy atom. The minimum Gasteiger partial charge on any atom is -0.310 e. The van der Waals surface area contributed by atoms with Crippen LogP contribution in [0.15, 0.2) is 200 Å². The van der Waals surface area contributed by atoms with Crippen molar-refractivity contribution >= 4 is 17.1 Å². The third kappa shape index (κ3) is 6.53. The van der Waals surface area contributed by atoms with Crippen molar-refractivity contribution in [2.45, 2.75) is 115 Å². The van der Waals surface area contributed by atoms with Gasteiger partial charge in [-0.2, -0.15) is 0 Å². The number of nitrogens with zero attached hydrogens (tertiary/aromatic N) is 1. The first-order chi connectivity index (χ1) is 37.2. The molecule has 0 heterocycles. The number of benzene rings is 9. The van der Waals surface area contributed by atoms with E-state index < -0.39 is 5.41 Å². The molecule has 0 atom stereocenters. The van der Waals surface area contributed by atoms with E-state index in [-0.39, 0.29) is 21.7 Å².